The number of ketones is 1. The summed E-state index contributed by atoms with van der Waals surface area (Å²) in [7, 11) is -2.28. The van der Waals surface area contributed by atoms with Gasteiger partial charge in [-0.15, -0.1) is 0 Å². The van der Waals surface area contributed by atoms with Gasteiger partial charge in [-0.1, -0.05) is 112 Å². The van der Waals surface area contributed by atoms with Gasteiger partial charge >= 0.3 is 5.97 Å². The molecule has 214 valence electrons. The van der Waals surface area contributed by atoms with Crippen molar-refractivity contribution in [1.29, 1.82) is 0 Å². The van der Waals surface area contributed by atoms with Gasteiger partial charge in [-0.3, -0.25) is 9.59 Å². The zero-order chi connectivity index (χ0) is 29.6. The topological polar surface area (TPSA) is 52.6 Å². The fourth-order valence-electron chi connectivity index (χ4n) is 4.47. The van der Waals surface area contributed by atoms with Crippen molar-refractivity contribution in [3.05, 3.63) is 91.0 Å². The Morgan fingerprint density at radius 3 is 1.48 bits per heavy atom. The highest BCUT2D eigenvalue weighted by atomic mass is 31.2. The molecule has 3 aromatic rings. The van der Waals surface area contributed by atoms with E-state index in [1.165, 1.54) is 0 Å². The lowest BCUT2D eigenvalue weighted by Gasteiger charge is -2.39. The first kappa shape index (κ1) is 31.8. The van der Waals surface area contributed by atoms with Gasteiger partial charge in [0.05, 0.1) is 12.5 Å². The molecule has 0 aliphatic rings. The summed E-state index contributed by atoms with van der Waals surface area (Å²) in [6.45, 7) is 13.9. The zero-order valence-corrected chi connectivity index (χ0v) is 27.2. The van der Waals surface area contributed by atoms with E-state index in [4.69, 9.17) is 9.16 Å². The Morgan fingerprint density at radius 1 is 0.725 bits per heavy atom. The highest BCUT2D eigenvalue weighted by molar-refractivity contribution is 7.95. The number of ether oxygens (including phenoxy) is 1. The Kier molecular flexibility index (Phi) is 10.2. The third-order valence-electron chi connectivity index (χ3n) is 7.34. The van der Waals surface area contributed by atoms with Gasteiger partial charge in [0.2, 0.25) is 0 Å². The largest absolute Gasteiger partial charge is 0.460 e. The number of rotatable bonds is 10. The van der Waals surface area contributed by atoms with E-state index >= 15 is 0 Å². The standard InChI is InChI=1S/C34H45O4PSi/c1-33(2,3)37-32(36)25-28(38-40(7,8)34(4,5)6)24-27(35)26-39(29-18-12-9-13-19-29,30-20-14-10-15-21-30)31-22-16-11-17-23-31/h9-23,26,28H,24-25H2,1-8H3/t28-/m0/s1. The summed E-state index contributed by atoms with van der Waals surface area (Å²) in [5.41, 5.74) is -0.608. The molecule has 0 aromatic heterocycles. The van der Waals surface area contributed by atoms with Crippen LogP contribution in [0.4, 0.5) is 0 Å². The third kappa shape index (κ3) is 8.16. The molecule has 0 N–H and O–H groups in total. The molecule has 0 heterocycles. The van der Waals surface area contributed by atoms with Crippen molar-refractivity contribution in [3.8, 4) is 0 Å². The fourth-order valence-corrected chi connectivity index (χ4v) is 9.63. The summed E-state index contributed by atoms with van der Waals surface area (Å²) in [5, 5.41) is 3.25. The lowest BCUT2D eigenvalue weighted by molar-refractivity contribution is -0.156. The Morgan fingerprint density at radius 2 is 1.12 bits per heavy atom. The molecule has 1 atom stereocenters. The molecule has 3 rings (SSSR count). The number of esters is 1. The zero-order valence-electron chi connectivity index (χ0n) is 25.3. The van der Waals surface area contributed by atoms with Crippen LogP contribution < -0.4 is 15.9 Å². The fraction of sp³-hybridized carbons (Fsp3) is 0.382. The molecule has 3 aromatic carbocycles. The molecule has 0 fully saturated rings. The van der Waals surface area contributed by atoms with Gasteiger partial charge in [0.25, 0.3) is 0 Å². The average Bonchev–Trinajstić information content (AvgIpc) is 2.86. The first-order valence-corrected chi connectivity index (χ1v) is 18.7. The number of carbonyl (C=O) groups excluding carboxylic acids is 2. The van der Waals surface area contributed by atoms with Gasteiger partial charge in [0, 0.05) is 6.42 Å². The van der Waals surface area contributed by atoms with E-state index in [0.29, 0.717) is 0 Å². The summed E-state index contributed by atoms with van der Waals surface area (Å²) >= 11 is 0. The van der Waals surface area contributed by atoms with Crippen LogP contribution in [0.25, 0.3) is 0 Å². The minimum atomic E-state index is -2.45. The van der Waals surface area contributed by atoms with Crippen LogP contribution in [0.3, 0.4) is 0 Å². The second-order valence-corrected chi connectivity index (χ2v) is 20.8. The second kappa shape index (κ2) is 12.8. The van der Waals surface area contributed by atoms with Crippen LogP contribution in [0.2, 0.25) is 18.1 Å². The van der Waals surface area contributed by atoms with E-state index in [2.05, 4.69) is 70.3 Å². The first-order chi connectivity index (χ1) is 18.6. The van der Waals surface area contributed by atoms with Crippen molar-refractivity contribution >= 4 is 48.7 Å². The van der Waals surface area contributed by atoms with E-state index in [0.717, 1.165) is 15.9 Å². The normalized spacial score (nSPS) is 13.4. The maximum Gasteiger partial charge on any atom is 0.308 e. The third-order valence-corrected chi connectivity index (χ3v) is 15.9. The van der Waals surface area contributed by atoms with Crippen molar-refractivity contribution in [2.24, 2.45) is 0 Å². The first-order valence-electron chi connectivity index (χ1n) is 14.0. The number of Topliss-reactive ketones (excluding diaryl/α,β-unsaturated/α-hetero) is 1. The summed E-state index contributed by atoms with van der Waals surface area (Å²) in [5.74, 6) is 1.56. The van der Waals surface area contributed by atoms with Crippen LogP contribution in [0.5, 0.6) is 0 Å². The smallest absolute Gasteiger partial charge is 0.308 e. The predicted octanol–water partition coefficient (Wildman–Crippen LogP) is 6.86. The van der Waals surface area contributed by atoms with Gasteiger partial charge in [-0.25, -0.2) is 0 Å². The number of benzene rings is 3. The van der Waals surface area contributed by atoms with E-state index in [1.54, 1.807) is 0 Å². The van der Waals surface area contributed by atoms with Crippen molar-refractivity contribution in [2.45, 2.75) is 84.2 Å². The van der Waals surface area contributed by atoms with E-state index < -0.39 is 26.9 Å². The maximum atomic E-state index is 14.1. The van der Waals surface area contributed by atoms with Crippen LogP contribution >= 0.6 is 6.89 Å². The van der Waals surface area contributed by atoms with Crippen LogP contribution in [0, 0.1) is 0 Å². The van der Waals surface area contributed by atoms with Crippen LogP contribution in [0.1, 0.15) is 54.4 Å². The minimum absolute atomic E-state index is 0.0304. The van der Waals surface area contributed by atoms with Gasteiger partial charge in [0.15, 0.2) is 14.1 Å². The van der Waals surface area contributed by atoms with Gasteiger partial charge in [-0.05, 0) is 67.5 Å². The van der Waals surface area contributed by atoms with Crippen molar-refractivity contribution in [3.63, 3.8) is 0 Å². The van der Waals surface area contributed by atoms with Gasteiger partial charge < -0.3 is 9.16 Å². The lowest BCUT2D eigenvalue weighted by atomic mass is 10.1. The van der Waals surface area contributed by atoms with Gasteiger partial charge in [-0.2, -0.15) is 0 Å². The van der Waals surface area contributed by atoms with Crippen LogP contribution in [0.15, 0.2) is 91.0 Å². The molecule has 6 heteroatoms. The molecule has 40 heavy (non-hydrogen) atoms. The maximum absolute atomic E-state index is 14.1. The molecular weight excluding hydrogens is 531 g/mol. The van der Waals surface area contributed by atoms with Crippen molar-refractivity contribution in [1.82, 2.24) is 0 Å². The Bertz CT molecular complexity index is 1220. The highest BCUT2D eigenvalue weighted by Gasteiger charge is 2.40. The molecule has 0 aliphatic carbocycles. The molecule has 4 nitrogen and oxygen atoms in total. The summed E-state index contributed by atoms with van der Waals surface area (Å²) in [6.07, 6.45) is -0.416. The molecule has 0 saturated heterocycles. The summed E-state index contributed by atoms with van der Waals surface area (Å²) in [6, 6.07) is 30.8. The SMILES string of the molecule is CC(C)(C)OC(=O)C[C@H](CC(=O)C=P(c1ccccc1)(c1ccccc1)c1ccccc1)O[Si](C)(C)C(C)(C)C. The predicted molar refractivity (Wildman–Crippen MR) is 173 cm³/mol. The monoisotopic (exact) mass is 576 g/mol. The van der Waals surface area contributed by atoms with E-state index in [9.17, 15) is 9.59 Å². The van der Waals surface area contributed by atoms with E-state index in [1.807, 2.05) is 81.2 Å². The van der Waals surface area contributed by atoms with Crippen LogP contribution in [-0.4, -0.2) is 37.6 Å². The van der Waals surface area contributed by atoms with Gasteiger partial charge in [0.1, 0.15) is 5.60 Å². The number of hydrogen-bond acceptors (Lipinski definition) is 4. The molecule has 0 radical (unpaired) electrons. The molecule has 0 aliphatic heterocycles. The molecule has 0 saturated carbocycles. The Balaban J connectivity index is 2.13. The van der Waals surface area contributed by atoms with Crippen LogP contribution in [-0.2, 0) is 18.8 Å². The Labute approximate surface area is 242 Å². The molecular formula is C34H45O4PSi. The molecule has 0 unspecified atom stereocenters. The molecule has 0 bridgehead atoms. The summed E-state index contributed by atoms with van der Waals surface area (Å²) < 4.78 is 12.3. The van der Waals surface area contributed by atoms with E-state index in [-0.39, 0.29) is 29.6 Å². The second-order valence-electron chi connectivity index (χ2n) is 12.8. The quantitative estimate of drug-likeness (QED) is 0.150. The molecule has 0 spiro atoms. The average molecular weight is 577 g/mol. The summed E-state index contributed by atoms with van der Waals surface area (Å²) in [4.78, 5) is 27.1. The minimum Gasteiger partial charge on any atom is -0.460 e. The lowest BCUT2D eigenvalue weighted by Crippen LogP contribution is -2.45. The number of hydrogen-bond donors (Lipinski definition) is 0. The molecule has 0 amide bonds. The van der Waals surface area contributed by atoms with Crippen molar-refractivity contribution < 1.29 is 18.8 Å². The Hall–Kier alpha value is -2.72. The van der Waals surface area contributed by atoms with Crippen molar-refractivity contribution in [2.75, 3.05) is 0 Å². The number of carbonyl (C=O) groups is 2. The highest BCUT2D eigenvalue weighted by Crippen LogP contribution is 2.44.